The van der Waals surface area contributed by atoms with Crippen LogP contribution in [0.5, 0.6) is 0 Å². The summed E-state index contributed by atoms with van der Waals surface area (Å²) in [5.74, 6) is 0.589. The van der Waals surface area contributed by atoms with Crippen LogP contribution in [0.2, 0.25) is 0 Å². The maximum atomic E-state index is 8.77. The number of hydrogen-bond donors (Lipinski definition) is 1. The SMILES string of the molecule is Cl.OC1=CCCCC1. The fourth-order valence-electron chi connectivity index (χ4n) is 0.821. The van der Waals surface area contributed by atoms with Crippen molar-refractivity contribution in [1.82, 2.24) is 0 Å². The third kappa shape index (κ3) is 2.22. The smallest absolute Gasteiger partial charge is 0.0882 e. The molecular weight excluding hydrogens is 124 g/mol. The van der Waals surface area contributed by atoms with Crippen molar-refractivity contribution in [3.63, 3.8) is 0 Å². The van der Waals surface area contributed by atoms with Crippen LogP contribution in [-0.2, 0) is 0 Å². The van der Waals surface area contributed by atoms with Gasteiger partial charge in [0, 0.05) is 6.42 Å². The van der Waals surface area contributed by atoms with Gasteiger partial charge in [0.25, 0.3) is 0 Å². The van der Waals surface area contributed by atoms with Crippen LogP contribution in [0.3, 0.4) is 0 Å². The van der Waals surface area contributed by atoms with Crippen molar-refractivity contribution in [2.45, 2.75) is 25.7 Å². The number of halogens is 1. The summed E-state index contributed by atoms with van der Waals surface area (Å²) in [5.41, 5.74) is 0. The molecule has 0 fully saturated rings. The molecule has 1 aliphatic rings. The first-order valence-corrected chi connectivity index (χ1v) is 2.77. The van der Waals surface area contributed by atoms with E-state index in [9.17, 15) is 0 Å². The van der Waals surface area contributed by atoms with Crippen LogP contribution in [0.25, 0.3) is 0 Å². The zero-order valence-corrected chi connectivity index (χ0v) is 5.58. The lowest BCUT2D eigenvalue weighted by molar-refractivity contribution is 0.368. The molecule has 1 aliphatic carbocycles. The molecule has 0 heterocycles. The molecule has 0 aliphatic heterocycles. The highest BCUT2D eigenvalue weighted by atomic mass is 35.5. The van der Waals surface area contributed by atoms with Crippen LogP contribution < -0.4 is 0 Å². The number of allylic oxidation sites excluding steroid dienone is 2. The Bertz CT molecular complexity index is 88.5. The van der Waals surface area contributed by atoms with Gasteiger partial charge in [-0.2, -0.15) is 0 Å². The van der Waals surface area contributed by atoms with Crippen molar-refractivity contribution in [3.05, 3.63) is 11.8 Å². The van der Waals surface area contributed by atoms with Gasteiger partial charge in [-0.25, -0.2) is 0 Å². The van der Waals surface area contributed by atoms with Gasteiger partial charge in [-0.05, 0) is 25.3 Å². The van der Waals surface area contributed by atoms with Crippen LogP contribution in [0.1, 0.15) is 25.7 Å². The fourth-order valence-corrected chi connectivity index (χ4v) is 0.821. The zero-order valence-electron chi connectivity index (χ0n) is 4.76. The van der Waals surface area contributed by atoms with Crippen LogP contribution in [0.4, 0.5) is 0 Å². The third-order valence-electron chi connectivity index (χ3n) is 1.27. The predicted molar refractivity (Wildman–Crippen MR) is 36.4 cm³/mol. The average Bonchev–Trinajstić information content (AvgIpc) is 1.69. The molecule has 0 atom stereocenters. The maximum Gasteiger partial charge on any atom is 0.0882 e. The van der Waals surface area contributed by atoms with Gasteiger partial charge in [-0.3, -0.25) is 0 Å². The van der Waals surface area contributed by atoms with E-state index in [1.54, 1.807) is 0 Å². The first-order valence-electron chi connectivity index (χ1n) is 2.77. The summed E-state index contributed by atoms with van der Waals surface area (Å²) in [5, 5.41) is 8.77. The Kier molecular flexibility index (Phi) is 3.71. The molecule has 0 saturated carbocycles. The summed E-state index contributed by atoms with van der Waals surface area (Å²) in [6.45, 7) is 0. The second-order valence-electron chi connectivity index (χ2n) is 1.94. The van der Waals surface area contributed by atoms with Crippen molar-refractivity contribution < 1.29 is 5.11 Å². The monoisotopic (exact) mass is 134 g/mol. The highest BCUT2D eigenvalue weighted by molar-refractivity contribution is 5.85. The molecule has 0 unspecified atom stereocenters. The predicted octanol–water partition coefficient (Wildman–Crippen LogP) is 2.42. The van der Waals surface area contributed by atoms with E-state index >= 15 is 0 Å². The van der Waals surface area contributed by atoms with E-state index in [4.69, 9.17) is 5.11 Å². The Hall–Kier alpha value is -0.170. The van der Waals surface area contributed by atoms with Crippen LogP contribution in [0, 0.1) is 0 Å². The van der Waals surface area contributed by atoms with E-state index in [1.165, 1.54) is 12.8 Å². The number of hydrogen-bond acceptors (Lipinski definition) is 1. The van der Waals surface area contributed by atoms with E-state index in [1.807, 2.05) is 6.08 Å². The zero-order chi connectivity index (χ0) is 5.11. The van der Waals surface area contributed by atoms with Gasteiger partial charge in [0.15, 0.2) is 0 Å². The molecule has 0 aromatic heterocycles. The van der Waals surface area contributed by atoms with Crippen LogP contribution >= 0.6 is 12.4 Å². The summed E-state index contributed by atoms with van der Waals surface area (Å²) >= 11 is 0. The highest BCUT2D eigenvalue weighted by Crippen LogP contribution is 2.13. The average molecular weight is 135 g/mol. The lowest BCUT2D eigenvalue weighted by Crippen LogP contribution is -1.88. The molecule has 0 aromatic rings. The highest BCUT2D eigenvalue weighted by Gasteiger charge is 1.97. The minimum atomic E-state index is 0. The van der Waals surface area contributed by atoms with E-state index in [-0.39, 0.29) is 12.4 Å². The molecule has 8 heavy (non-hydrogen) atoms. The molecule has 0 aromatic carbocycles. The quantitative estimate of drug-likeness (QED) is 0.540. The molecular formula is C6H11ClO. The van der Waals surface area contributed by atoms with Gasteiger partial charge >= 0.3 is 0 Å². The molecule has 48 valence electrons. The van der Waals surface area contributed by atoms with Crippen molar-refractivity contribution >= 4 is 12.4 Å². The number of aliphatic hydroxyl groups excluding tert-OH is 1. The molecule has 0 amide bonds. The van der Waals surface area contributed by atoms with Gasteiger partial charge in [0.2, 0.25) is 0 Å². The summed E-state index contributed by atoms with van der Waals surface area (Å²) in [6, 6.07) is 0. The topological polar surface area (TPSA) is 20.2 Å². The minimum Gasteiger partial charge on any atom is -0.513 e. The largest absolute Gasteiger partial charge is 0.513 e. The molecule has 0 saturated heterocycles. The van der Waals surface area contributed by atoms with E-state index < -0.39 is 0 Å². The van der Waals surface area contributed by atoms with Crippen molar-refractivity contribution in [3.8, 4) is 0 Å². The van der Waals surface area contributed by atoms with E-state index in [0.29, 0.717) is 5.76 Å². The van der Waals surface area contributed by atoms with Crippen molar-refractivity contribution in [2.75, 3.05) is 0 Å². The standard InChI is InChI=1S/C6H10O.ClH/c7-6-4-2-1-3-5-6;/h4,7H,1-3,5H2;1H. The molecule has 0 spiro atoms. The van der Waals surface area contributed by atoms with Crippen LogP contribution in [-0.4, -0.2) is 5.11 Å². The second kappa shape index (κ2) is 3.79. The summed E-state index contributed by atoms with van der Waals surface area (Å²) in [7, 11) is 0. The lowest BCUT2D eigenvalue weighted by Gasteiger charge is -2.04. The van der Waals surface area contributed by atoms with Gasteiger partial charge in [-0.15, -0.1) is 12.4 Å². The molecule has 1 rings (SSSR count). The molecule has 2 heteroatoms. The van der Waals surface area contributed by atoms with Gasteiger partial charge in [0.1, 0.15) is 0 Å². The molecule has 0 bridgehead atoms. The van der Waals surface area contributed by atoms with Gasteiger partial charge in [0.05, 0.1) is 5.76 Å². The number of rotatable bonds is 0. The molecule has 0 radical (unpaired) electrons. The molecule has 1 N–H and O–H groups in total. The van der Waals surface area contributed by atoms with E-state index in [2.05, 4.69) is 0 Å². The van der Waals surface area contributed by atoms with E-state index in [0.717, 1.165) is 12.8 Å². The first kappa shape index (κ1) is 7.83. The maximum absolute atomic E-state index is 8.77. The van der Waals surface area contributed by atoms with Gasteiger partial charge < -0.3 is 5.11 Å². The Labute approximate surface area is 55.8 Å². The normalized spacial score (nSPS) is 18.8. The van der Waals surface area contributed by atoms with Gasteiger partial charge in [-0.1, -0.05) is 0 Å². The second-order valence-corrected chi connectivity index (χ2v) is 1.94. The fraction of sp³-hybridized carbons (Fsp3) is 0.667. The number of aliphatic hydroxyl groups is 1. The summed E-state index contributed by atoms with van der Waals surface area (Å²) < 4.78 is 0. The van der Waals surface area contributed by atoms with Crippen molar-refractivity contribution in [1.29, 1.82) is 0 Å². The summed E-state index contributed by atoms with van der Waals surface area (Å²) in [4.78, 5) is 0. The Balaban J connectivity index is 0.000000490. The summed E-state index contributed by atoms with van der Waals surface area (Å²) in [6.07, 6.45) is 6.31. The third-order valence-corrected chi connectivity index (χ3v) is 1.27. The molecule has 1 nitrogen and oxygen atoms in total. The van der Waals surface area contributed by atoms with Crippen molar-refractivity contribution in [2.24, 2.45) is 0 Å². The Morgan fingerprint density at radius 3 is 2.38 bits per heavy atom. The Morgan fingerprint density at radius 2 is 2.12 bits per heavy atom. The minimum absolute atomic E-state index is 0. The van der Waals surface area contributed by atoms with Crippen LogP contribution in [0.15, 0.2) is 11.8 Å². The first-order chi connectivity index (χ1) is 3.39. The lowest BCUT2D eigenvalue weighted by atomic mass is 10.1. The Morgan fingerprint density at radius 1 is 1.38 bits per heavy atom.